The van der Waals surface area contributed by atoms with Crippen LogP contribution in [-0.2, 0) is 14.3 Å². The summed E-state index contributed by atoms with van der Waals surface area (Å²) in [7, 11) is 0. The van der Waals surface area contributed by atoms with E-state index in [2.05, 4.69) is 6.92 Å². The molecule has 0 bridgehead atoms. The molecule has 1 heterocycles. The molecule has 2 N–H and O–H groups in total. The second kappa shape index (κ2) is 4.45. The Morgan fingerprint density at radius 2 is 1.90 bits per heavy atom. The van der Waals surface area contributed by atoms with Crippen molar-refractivity contribution in [2.24, 2.45) is 28.6 Å². The van der Waals surface area contributed by atoms with Crippen LogP contribution in [0.2, 0.25) is 0 Å². The maximum atomic E-state index is 12.2. The first-order valence-electron chi connectivity index (χ1n) is 7.84. The Labute approximate surface area is 124 Å². The van der Waals surface area contributed by atoms with E-state index in [1.165, 1.54) is 6.92 Å². The number of carbonyl (C=O) groups excluding carboxylic acids is 1. The van der Waals surface area contributed by atoms with Crippen LogP contribution in [0, 0.1) is 28.6 Å². The molecule has 5 nitrogen and oxygen atoms in total. The van der Waals surface area contributed by atoms with E-state index in [4.69, 9.17) is 4.74 Å². The van der Waals surface area contributed by atoms with E-state index in [9.17, 15) is 19.8 Å². The standard InChI is InChI=1S/C16H24O5/c1-8-10(17)5-7-15(2)6-4-9-12(11(8)15)21-14(20)16(9,3)13(18)19/h8-12,17H,4-7H2,1-3H3,(H,18,19). The normalized spacial score (nSPS) is 52.8. The average molecular weight is 296 g/mol. The summed E-state index contributed by atoms with van der Waals surface area (Å²) in [6, 6.07) is 0. The molecule has 0 radical (unpaired) electrons. The van der Waals surface area contributed by atoms with Gasteiger partial charge in [-0.3, -0.25) is 9.59 Å². The third-order valence-corrected chi connectivity index (χ3v) is 6.62. The molecule has 118 valence electrons. The highest BCUT2D eigenvalue weighted by Crippen LogP contribution is 2.60. The highest BCUT2D eigenvalue weighted by molar-refractivity contribution is 6.00. The number of aliphatic hydroxyl groups excluding tert-OH is 1. The molecular weight excluding hydrogens is 272 g/mol. The number of carboxylic acids is 1. The summed E-state index contributed by atoms with van der Waals surface area (Å²) < 4.78 is 5.56. The van der Waals surface area contributed by atoms with Gasteiger partial charge in [-0.25, -0.2) is 0 Å². The van der Waals surface area contributed by atoms with Crippen LogP contribution in [0.3, 0.4) is 0 Å². The van der Waals surface area contributed by atoms with Gasteiger partial charge in [0.05, 0.1) is 6.10 Å². The molecule has 7 atom stereocenters. The first kappa shape index (κ1) is 14.8. The van der Waals surface area contributed by atoms with Gasteiger partial charge in [0.15, 0.2) is 5.41 Å². The number of aliphatic hydroxyl groups is 1. The summed E-state index contributed by atoms with van der Waals surface area (Å²) in [6.07, 6.45) is 2.52. The van der Waals surface area contributed by atoms with E-state index >= 15 is 0 Å². The van der Waals surface area contributed by atoms with Gasteiger partial charge in [0.1, 0.15) is 6.10 Å². The summed E-state index contributed by atoms with van der Waals surface area (Å²) in [6.45, 7) is 5.69. The van der Waals surface area contributed by atoms with Crippen molar-refractivity contribution in [3.8, 4) is 0 Å². The topological polar surface area (TPSA) is 83.8 Å². The SMILES string of the molecule is CC1C(O)CCC2(C)CCC3C(OC(=O)C3(C)C(=O)O)C12. The summed E-state index contributed by atoms with van der Waals surface area (Å²) in [5.41, 5.74) is -1.40. The molecule has 21 heavy (non-hydrogen) atoms. The molecule has 0 aromatic carbocycles. The number of carbonyl (C=O) groups is 2. The van der Waals surface area contributed by atoms with Crippen LogP contribution in [0.5, 0.6) is 0 Å². The first-order valence-corrected chi connectivity index (χ1v) is 7.84. The van der Waals surface area contributed by atoms with Gasteiger partial charge in [-0.2, -0.15) is 0 Å². The van der Waals surface area contributed by atoms with Gasteiger partial charge in [0, 0.05) is 11.8 Å². The molecule has 3 aliphatic rings. The molecule has 2 saturated carbocycles. The lowest BCUT2D eigenvalue weighted by molar-refractivity contribution is -0.162. The smallest absolute Gasteiger partial charge is 0.323 e. The Hall–Kier alpha value is -1.10. The third-order valence-electron chi connectivity index (χ3n) is 6.62. The highest BCUT2D eigenvalue weighted by Gasteiger charge is 2.66. The molecule has 3 rings (SSSR count). The van der Waals surface area contributed by atoms with Gasteiger partial charge in [0.25, 0.3) is 0 Å². The van der Waals surface area contributed by atoms with E-state index in [1.807, 2.05) is 6.92 Å². The zero-order valence-electron chi connectivity index (χ0n) is 12.8. The van der Waals surface area contributed by atoms with Crippen LogP contribution in [0.1, 0.15) is 46.5 Å². The number of esters is 1. The largest absolute Gasteiger partial charge is 0.480 e. The molecule has 5 heteroatoms. The zero-order valence-corrected chi connectivity index (χ0v) is 12.8. The lowest BCUT2D eigenvalue weighted by atomic mass is 9.51. The van der Waals surface area contributed by atoms with Crippen molar-refractivity contribution >= 4 is 11.9 Å². The van der Waals surface area contributed by atoms with Crippen molar-refractivity contribution in [3.63, 3.8) is 0 Å². The van der Waals surface area contributed by atoms with Crippen molar-refractivity contribution in [2.75, 3.05) is 0 Å². The lowest BCUT2D eigenvalue weighted by Crippen LogP contribution is -2.54. The first-order chi connectivity index (χ1) is 9.71. The van der Waals surface area contributed by atoms with Gasteiger partial charge < -0.3 is 14.9 Å². The van der Waals surface area contributed by atoms with Crippen molar-refractivity contribution in [1.82, 2.24) is 0 Å². The molecule has 2 aliphatic carbocycles. The second-order valence-electron chi connectivity index (χ2n) is 7.67. The van der Waals surface area contributed by atoms with Crippen LogP contribution in [0.15, 0.2) is 0 Å². The van der Waals surface area contributed by atoms with Gasteiger partial charge in [-0.1, -0.05) is 13.8 Å². The minimum absolute atomic E-state index is 0.0282. The van der Waals surface area contributed by atoms with Crippen molar-refractivity contribution in [3.05, 3.63) is 0 Å². The quantitative estimate of drug-likeness (QED) is 0.569. The van der Waals surface area contributed by atoms with Crippen LogP contribution in [0.4, 0.5) is 0 Å². The van der Waals surface area contributed by atoms with E-state index in [-0.39, 0.29) is 29.3 Å². The molecular formula is C16H24O5. The summed E-state index contributed by atoms with van der Waals surface area (Å²) in [4.78, 5) is 23.8. The lowest BCUT2D eigenvalue weighted by Gasteiger charge is -2.54. The number of fused-ring (bicyclic) bond motifs is 3. The molecule has 0 amide bonds. The van der Waals surface area contributed by atoms with E-state index in [0.717, 1.165) is 19.3 Å². The maximum Gasteiger partial charge on any atom is 0.323 e. The fourth-order valence-electron chi connectivity index (χ4n) is 5.08. The van der Waals surface area contributed by atoms with Crippen LogP contribution < -0.4 is 0 Å². The Kier molecular flexibility index (Phi) is 3.14. The Morgan fingerprint density at radius 3 is 2.52 bits per heavy atom. The molecule has 0 spiro atoms. The third kappa shape index (κ3) is 1.79. The Morgan fingerprint density at radius 1 is 1.29 bits per heavy atom. The fourth-order valence-corrected chi connectivity index (χ4v) is 5.08. The average Bonchev–Trinajstić information content (AvgIpc) is 2.67. The molecule has 1 aliphatic heterocycles. The highest BCUT2D eigenvalue weighted by atomic mass is 16.6. The molecule has 7 unspecified atom stereocenters. The van der Waals surface area contributed by atoms with Crippen LogP contribution >= 0.6 is 0 Å². The summed E-state index contributed by atoms with van der Waals surface area (Å²) in [5.74, 6) is -1.91. The monoisotopic (exact) mass is 296 g/mol. The van der Waals surface area contributed by atoms with E-state index in [0.29, 0.717) is 6.42 Å². The maximum absolute atomic E-state index is 12.2. The number of aliphatic carboxylic acids is 1. The molecule has 0 aromatic heterocycles. The van der Waals surface area contributed by atoms with Gasteiger partial charge in [-0.15, -0.1) is 0 Å². The van der Waals surface area contributed by atoms with Crippen molar-refractivity contribution in [1.29, 1.82) is 0 Å². The van der Waals surface area contributed by atoms with Gasteiger partial charge in [0.2, 0.25) is 0 Å². The zero-order chi connectivity index (χ0) is 15.6. The number of carboxylic acid groups (broad SMARTS) is 1. The van der Waals surface area contributed by atoms with Crippen LogP contribution in [-0.4, -0.2) is 34.4 Å². The number of rotatable bonds is 1. The summed E-state index contributed by atoms with van der Waals surface area (Å²) >= 11 is 0. The van der Waals surface area contributed by atoms with Crippen molar-refractivity contribution < 1.29 is 24.5 Å². The Balaban J connectivity index is 2.00. The number of hydrogen-bond acceptors (Lipinski definition) is 4. The minimum atomic E-state index is -1.44. The van der Waals surface area contributed by atoms with Crippen LogP contribution in [0.25, 0.3) is 0 Å². The predicted octanol–water partition coefficient (Wildman–Crippen LogP) is 1.83. The molecule has 1 saturated heterocycles. The number of ether oxygens (including phenoxy) is 1. The van der Waals surface area contributed by atoms with E-state index in [1.54, 1.807) is 0 Å². The Bertz CT molecular complexity index is 489. The van der Waals surface area contributed by atoms with Gasteiger partial charge >= 0.3 is 11.9 Å². The number of hydrogen-bond donors (Lipinski definition) is 2. The molecule has 3 fully saturated rings. The fraction of sp³-hybridized carbons (Fsp3) is 0.875. The molecule has 0 aromatic rings. The van der Waals surface area contributed by atoms with Crippen molar-refractivity contribution in [2.45, 2.75) is 58.7 Å². The predicted molar refractivity (Wildman–Crippen MR) is 74.3 cm³/mol. The summed E-state index contributed by atoms with van der Waals surface area (Å²) in [5, 5.41) is 19.7. The van der Waals surface area contributed by atoms with Gasteiger partial charge in [-0.05, 0) is 43.9 Å². The minimum Gasteiger partial charge on any atom is -0.480 e. The second-order valence-corrected chi connectivity index (χ2v) is 7.67. The van der Waals surface area contributed by atoms with E-state index < -0.39 is 23.5 Å².